The molecule has 1 unspecified atom stereocenters. The van der Waals surface area contributed by atoms with E-state index in [1.54, 1.807) is 9.80 Å². The first kappa shape index (κ1) is 31.8. The van der Waals surface area contributed by atoms with Crippen LogP contribution in [0.15, 0.2) is 97.1 Å². The number of aliphatic hydroxyl groups is 1. The Morgan fingerprint density at radius 1 is 0.917 bits per heavy atom. The number of aliphatic hydroxyl groups excluding tert-OH is 1. The van der Waals surface area contributed by atoms with Crippen LogP contribution in [0.1, 0.15) is 23.6 Å². The van der Waals surface area contributed by atoms with E-state index < -0.39 is 35.6 Å². The maximum Gasteiger partial charge on any atom is 0.253 e. The van der Waals surface area contributed by atoms with Gasteiger partial charge < -0.3 is 29.3 Å². The minimum absolute atomic E-state index is 0.245. The van der Waals surface area contributed by atoms with Crippen LogP contribution in [0.5, 0.6) is 5.75 Å². The van der Waals surface area contributed by atoms with Gasteiger partial charge in [-0.1, -0.05) is 66.8 Å². The predicted octanol–water partition coefficient (Wildman–Crippen LogP) is 4.39. The predicted molar refractivity (Wildman–Crippen MR) is 183 cm³/mol. The summed E-state index contributed by atoms with van der Waals surface area (Å²) < 4.78 is 12.5. The van der Waals surface area contributed by atoms with Crippen molar-refractivity contribution < 1.29 is 29.0 Å². The smallest absolute Gasteiger partial charge is 0.253 e. The zero-order chi connectivity index (χ0) is 33.6. The number of benzene rings is 3. The fourth-order valence-electron chi connectivity index (χ4n) is 7.95. The average Bonchev–Trinajstić information content (AvgIpc) is 3.41. The molecule has 1 N–H and O–H groups in total. The van der Waals surface area contributed by atoms with Gasteiger partial charge in [-0.15, -0.1) is 0 Å². The van der Waals surface area contributed by atoms with E-state index in [0.717, 1.165) is 22.4 Å². The van der Waals surface area contributed by atoms with Gasteiger partial charge in [0, 0.05) is 24.5 Å². The van der Waals surface area contributed by atoms with E-state index >= 15 is 0 Å². The van der Waals surface area contributed by atoms with Crippen molar-refractivity contribution in [2.45, 2.75) is 51.0 Å². The minimum atomic E-state index is -1.41. The molecule has 6 atom stereocenters. The number of hydrogen-bond donors (Lipinski definition) is 1. The molecule has 3 aromatic rings. The second kappa shape index (κ2) is 12.7. The number of likely N-dealkylation sites (tertiary alicyclic amines) is 1. The second-order valence-electron chi connectivity index (χ2n) is 13.1. The van der Waals surface area contributed by atoms with Gasteiger partial charge in [0.15, 0.2) is 0 Å². The number of nitrogens with zero attached hydrogens (tertiary/aromatic N) is 3. The van der Waals surface area contributed by atoms with Gasteiger partial charge in [-0.2, -0.15) is 0 Å². The van der Waals surface area contributed by atoms with Crippen molar-refractivity contribution in [3.63, 3.8) is 0 Å². The van der Waals surface area contributed by atoms with E-state index in [9.17, 15) is 19.5 Å². The van der Waals surface area contributed by atoms with Crippen LogP contribution in [0, 0.1) is 25.7 Å². The summed E-state index contributed by atoms with van der Waals surface area (Å²) in [5.41, 5.74) is 2.88. The Balaban J connectivity index is 1.33. The molecule has 4 aliphatic rings. The zero-order valence-electron chi connectivity index (χ0n) is 27.5. The molecular formula is C39H41N3O6. The molecule has 9 nitrogen and oxygen atoms in total. The van der Waals surface area contributed by atoms with Crippen molar-refractivity contribution in [1.82, 2.24) is 4.90 Å². The summed E-state index contributed by atoms with van der Waals surface area (Å²) in [5.74, 6) is -2.06. The average molecular weight is 648 g/mol. The molecule has 248 valence electrons. The van der Waals surface area contributed by atoms with Crippen LogP contribution >= 0.6 is 0 Å². The van der Waals surface area contributed by atoms with Crippen molar-refractivity contribution in [1.29, 1.82) is 0 Å². The maximum absolute atomic E-state index is 15.0. The number of hydrogen-bond acceptors (Lipinski definition) is 6. The van der Waals surface area contributed by atoms with Gasteiger partial charge in [-0.25, -0.2) is 0 Å². The Labute approximate surface area is 281 Å². The monoisotopic (exact) mass is 647 g/mol. The fourth-order valence-corrected chi connectivity index (χ4v) is 7.95. The first-order valence-electron chi connectivity index (χ1n) is 16.7. The molecule has 3 aromatic carbocycles. The standard InChI is InChI=1S/C39H41N3O6/c1-4-47-30-17-15-28(16-18-30)40-20-8-12-32-33(36(40)44)34-37(45)42(29(24-43)23-27-10-6-5-7-11-27)35-38(46)41(21-9-19-39(34,35)48-32)31-22-25(2)13-14-26(31)3/h5-19,22,29,32-35,43H,4,20-21,23-24H2,1-3H3/t29-,32+,33-,34+,35?,39+/m1/s1. The molecule has 48 heavy (non-hydrogen) atoms. The number of carbonyl (C=O) groups excluding carboxylic acids is 3. The van der Waals surface area contributed by atoms with E-state index in [0.29, 0.717) is 31.0 Å². The minimum Gasteiger partial charge on any atom is -0.494 e. The molecule has 7 rings (SSSR count). The summed E-state index contributed by atoms with van der Waals surface area (Å²) in [6.45, 7) is 6.61. The lowest BCUT2D eigenvalue weighted by Gasteiger charge is -2.39. The van der Waals surface area contributed by atoms with Crippen LogP contribution in [-0.2, 0) is 25.5 Å². The maximum atomic E-state index is 15.0. The number of ether oxygens (including phenoxy) is 2. The van der Waals surface area contributed by atoms with Crippen molar-refractivity contribution in [3.05, 3.63) is 114 Å². The Morgan fingerprint density at radius 3 is 2.40 bits per heavy atom. The van der Waals surface area contributed by atoms with E-state index in [4.69, 9.17) is 9.47 Å². The molecule has 0 bridgehead atoms. The summed E-state index contributed by atoms with van der Waals surface area (Å²) in [5, 5.41) is 10.8. The molecule has 1 spiro atoms. The van der Waals surface area contributed by atoms with E-state index in [1.165, 1.54) is 4.90 Å². The zero-order valence-corrected chi connectivity index (χ0v) is 27.5. The van der Waals surface area contributed by atoms with Gasteiger partial charge in [-0.05, 0) is 74.2 Å². The lowest BCUT2D eigenvalue weighted by atomic mass is 9.77. The third-order valence-corrected chi connectivity index (χ3v) is 10.1. The Morgan fingerprint density at radius 2 is 1.67 bits per heavy atom. The van der Waals surface area contributed by atoms with E-state index in [2.05, 4.69) is 0 Å². The molecule has 2 fully saturated rings. The molecule has 0 aromatic heterocycles. The van der Waals surface area contributed by atoms with Crippen LogP contribution in [0.3, 0.4) is 0 Å². The highest BCUT2D eigenvalue weighted by Crippen LogP contribution is 2.54. The molecule has 3 amide bonds. The summed E-state index contributed by atoms with van der Waals surface area (Å²) in [4.78, 5) is 49.5. The SMILES string of the molecule is CCOc1ccc(N2CC=C[C@@H]3O[C@]45C=CCN(c6cc(C)ccc6C)C(=O)C4N([C@@H](CO)Cc4ccccc4)C(=O)[C@@H]5[C@@H]3C2=O)cc1. The van der Waals surface area contributed by atoms with E-state index in [-0.39, 0.29) is 30.9 Å². The number of carbonyl (C=O) groups is 3. The lowest BCUT2D eigenvalue weighted by Crippen LogP contribution is -2.58. The van der Waals surface area contributed by atoms with Crippen molar-refractivity contribution >= 4 is 29.1 Å². The molecular weight excluding hydrogens is 606 g/mol. The number of aryl methyl sites for hydroxylation is 2. The first-order chi connectivity index (χ1) is 23.3. The molecule has 0 radical (unpaired) electrons. The van der Waals surface area contributed by atoms with Crippen LogP contribution in [0.2, 0.25) is 0 Å². The van der Waals surface area contributed by atoms with Gasteiger partial charge in [0.1, 0.15) is 17.4 Å². The van der Waals surface area contributed by atoms with Crippen LogP contribution in [-0.4, -0.2) is 77.8 Å². The van der Waals surface area contributed by atoms with Gasteiger partial charge in [-0.3, -0.25) is 14.4 Å². The van der Waals surface area contributed by atoms with Crippen molar-refractivity contribution in [3.8, 4) is 5.75 Å². The van der Waals surface area contributed by atoms with Gasteiger partial charge in [0.2, 0.25) is 11.8 Å². The summed E-state index contributed by atoms with van der Waals surface area (Å²) in [7, 11) is 0. The lowest BCUT2D eigenvalue weighted by molar-refractivity contribution is -0.144. The quantitative estimate of drug-likeness (QED) is 0.364. The molecule has 9 heteroatoms. The highest BCUT2D eigenvalue weighted by molar-refractivity contribution is 6.07. The summed E-state index contributed by atoms with van der Waals surface area (Å²) in [6, 6.07) is 21.1. The Kier molecular flexibility index (Phi) is 8.43. The Bertz CT molecular complexity index is 1770. The number of anilines is 2. The first-order valence-corrected chi connectivity index (χ1v) is 16.7. The second-order valence-corrected chi connectivity index (χ2v) is 13.1. The highest BCUT2D eigenvalue weighted by Gasteiger charge is 2.72. The molecule has 4 aliphatic heterocycles. The van der Waals surface area contributed by atoms with Crippen LogP contribution < -0.4 is 14.5 Å². The number of rotatable bonds is 8. The van der Waals surface area contributed by atoms with Crippen LogP contribution in [0.4, 0.5) is 11.4 Å². The molecule has 0 aliphatic carbocycles. The van der Waals surface area contributed by atoms with Gasteiger partial charge in [0.25, 0.3) is 5.91 Å². The van der Waals surface area contributed by atoms with Crippen LogP contribution in [0.25, 0.3) is 0 Å². The van der Waals surface area contributed by atoms with Gasteiger partial charge in [0.05, 0.1) is 37.2 Å². The molecule has 0 saturated carbocycles. The van der Waals surface area contributed by atoms with Crippen molar-refractivity contribution in [2.75, 3.05) is 36.1 Å². The molecule has 2 saturated heterocycles. The third kappa shape index (κ3) is 5.22. The normalized spacial score (nSPS) is 27.0. The number of amides is 3. The highest BCUT2D eigenvalue weighted by atomic mass is 16.5. The molecule has 4 heterocycles. The number of fused-ring (bicyclic) bond motifs is 2. The summed E-state index contributed by atoms with van der Waals surface area (Å²) in [6.07, 6.45) is 7.11. The largest absolute Gasteiger partial charge is 0.494 e. The summed E-state index contributed by atoms with van der Waals surface area (Å²) >= 11 is 0. The third-order valence-electron chi connectivity index (χ3n) is 10.1. The van der Waals surface area contributed by atoms with Crippen molar-refractivity contribution in [2.24, 2.45) is 11.8 Å². The van der Waals surface area contributed by atoms with Gasteiger partial charge >= 0.3 is 0 Å². The van der Waals surface area contributed by atoms with E-state index in [1.807, 2.05) is 118 Å². The topological polar surface area (TPSA) is 99.6 Å². The Hall–Kier alpha value is -4.73. The fraction of sp³-hybridized carbons (Fsp3) is 0.359.